The number of para-hydroxylation sites is 1. The summed E-state index contributed by atoms with van der Waals surface area (Å²) >= 11 is 0. The van der Waals surface area contributed by atoms with Crippen molar-refractivity contribution in [3.63, 3.8) is 0 Å². The topological polar surface area (TPSA) is 60.0 Å². The highest BCUT2D eigenvalue weighted by Gasteiger charge is 2.23. The molecule has 25 heavy (non-hydrogen) atoms. The fourth-order valence-electron chi connectivity index (χ4n) is 3.09. The number of amides is 2. The molecule has 0 aliphatic carbocycles. The maximum atomic E-state index is 12.3. The van der Waals surface area contributed by atoms with Gasteiger partial charge in [0, 0.05) is 20.0 Å². The van der Waals surface area contributed by atoms with Gasteiger partial charge in [0.25, 0.3) is 0 Å². The Morgan fingerprint density at radius 1 is 1.16 bits per heavy atom. The predicted octanol–water partition coefficient (Wildman–Crippen LogP) is 2.56. The average molecular weight is 340 g/mol. The van der Waals surface area contributed by atoms with Gasteiger partial charge >= 0.3 is 6.03 Å². The van der Waals surface area contributed by atoms with Crippen LogP contribution in [-0.4, -0.2) is 37.4 Å². The summed E-state index contributed by atoms with van der Waals surface area (Å²) in [6.45, 7) is 1.23. The summed E-state index contributed by atoms with van der Waals surface area (Å²) in [4.78, 5) is 14.0. The van der Waals surface area contributed by atoms with Gasteiger partial charge in [-0.2, -0.15) is 0 Å². The van der Waals surface area contributed by atoms with Crippen molar-refractivity contribution < 1.29 is 19.0 Å². The quantitative estimate of drug-likeness (QED) is 0.929. The second-order valence-corrected chi connectivity index (χ2v) is 6.28. The fraction of sp³-hybridized carbons (Fsp3) is 0.316. The zero-order chi connectivity index (χ0) is 17.2. The molecule has 4 rings (SSSR count). The Bertz CT molecular complexity index is 768. The normalized spacial score (nSPS) is 16.9. The molecule has 0 bridgehead atoms. The van der Waals surface area contributed by atoms with E-state index in [1.807, 2.05) is 36.4 Å². The molecule has 1 N–H and O–H groups in total. The van der Waals surface area contributed by atoms with Gasteiger partial charge in [0.2, 0.25) is 6.79 Å². The van der Waals surface area contributed by atoms with E-state index in [1.54, 1.807) is 11.9 Å². The SMILES string of the molecule is CN(Cc1ccc2c(c1)OCO2)C(=O)NC[C@H]1Cc2ccccc2O1. The van der Waals surface area contributed by atoms with Gasteiger partial charge in [-0.25, -0.2) is 4.79 Å². The number of fused-ring (bicyclic) bond motifs is 2. The van der Waals surface area contributed by atoms with E-state index in [0.29, 0.717) is 13.1 Å². The Morgan fingerprint density at radius 2 is 2.00 bits per heavy atom. The number of ether oxygens (including phenoxy) is 3. The first-order chi connectivity index (χ1) is 12.2. The molecule has 0 fully saturated rings. The molecular weight excluding hydrogens is 320 g/mol. The molecule has 2 amide bonds. The highest BCUT2D eigenvalue weighted by molar-refractivity contribution is 5.74. The van der Waals surface area contributed by atoms with E-state index in [4.69, 9.17) is 14.2 Å². The summed E-state index contributed by atoms with van der Waals surface area (Å²) < 4.78 is 16.5. The Labute approximate surface area is 146 Å². The van der Waals surface area contributed by atoms with Crippen LogP contribution in [0.25, 0.3) is 0 Å². The van der Waals surface area contributed by atoms with E-state index in [-0.39, 0.29) is 18.9 Å². The molecule has 0 aromatic heterocycles. The molecule has 6 nitrogen and oxygen atoms in total. The lowest BCUT2D eigenvalue weighted by Crippen LogP contribution is -2.41. The molecule has 0 spiro atoms. The lowest BCUT2D eigenvalue weighted by molar-refractivity contribution is 0.174. The van der Waals surface area contributed by atoms with Crippen LogP contribution in [0.15, 0.2) is 42.5 Å². The molecule has 6 heteroatoms. The zero-order valence-electron chi connectivity index (χ0n) is 14.0. The van der Waals surface area contributed by atoms with Crippen LogP contribution in [-0.2, 0) is 13.0 Å². The number of hydrogen-bond donors (Lipinski definition) is 1. The van der Waals surface area contributed by atoms with Gasteiger partial charge in [-0.05, 0) is 29.3 Å². The van der Waals surface area contributed by atoms with Gasteiger partial charge in [-0.3, -0.25) is 0 Å². The van der Waals surface area contributed by atoms with Gasteiger partial charge < -0.3 is 24.4 Å². The third-order valence-corrected chi connectivity index (χ3v) is 4.40. The van der Waals surface area contributed by atoms with Crippen LogP contribution in [0.5, 0.6) is 17.2 Å². The van der Waals surface area contributed by atoms with Crippen molar-refractivity contribution in [3.8, 4) is 17.2 Å². The van der Waals surface area contributed by atoms with Crippen molar-refractivity contribution in [2.24, 2.45) is 0 Å². The van der Waals surface area contributed by atoms with Crippen LogP contribution in [0.4, 0.5) is 4.79 Å². The molecule has 0 radical (unpaired) electrons. The van der Waals surface area contributed by atoms with Gasteiger partial charge in [-0.15, -0.1) is 0 Å². The first kappa shape index (κ1) is 15.6. The number of rotatable bonds is 4. The van der Waals surface area contributed by atoms with Crippen molar-refractivity contribution >= 4 is 6.03 Å². The number of carbonyl (C=O) groups is 1. The molecule has 2 aliphatic heterocycles. The summed E-state index contributed by atoms with van der Waals surface area (Å²) in [5.41, 5.74) is 2.18. The van der Waals surface area contributed by atoms with Gasteiger partial charge in [0.05, 0.1) is 6.54 Å². The highest BCUT2D eigenvalue weighted by atomic mass is 16.7. The number of nitrogens with one attached hydrogen (secondary N) is 1. The van der Waals surface area contributed by atoms with E-state index in [0.717, 1.165) is 29.2 Å². The molecular formula is C19H20N2O4. The minimum atomic E-state index is -0.128. The second kappa shape index (κ2) is 6.55. The van der Waals surface area contributed by atoms with E-state index in [9.17, 15) is 4.79 Å². The van der Waals surface area contributed by atoms with E-state index < -0.39 is 0 Å². The van der Waals surface area contributed by atoms with Crippen LogP contribution in [0.1, 0.15) is 11.1 Å². The minimum Gasteiger partial charge on any atom is -0.488 e. The first-order valence-corrected chi connectivity index (χ1v) is 8.31. The third kappa shape index (κ3) is 3.33. The first-order valence-electron chi connectivity index (χ1n) is 8.31. The number of urea groups is 1. The van der Waals surface area contributed by atoms with Gasteiger partial charge in [-0.1, -0.05) is 24.3 Å². The van der Waals surface area contributed by atoms with Crippen LogP contribution in [0.3, 0.4) is 0 Å². The summed E-state index contributed by atoms with van der Waals surface area (Å²) in [6.07, 6.45) is 0.808. The lowest BCUT2D eigenvalue weighted by Gasteiger charge is -2.20. The monoisotopic (exact) mass is 340 g/mol. The minimum absolute atomic E-state index is 0.0136. The fourth-order valence-corrected chi connectivity index (χ4v) is 3.09. The number of benzene rings is 2. The largest absolute Gasteiger partial charge is 0.488 e. The van der Waals surface area contributed by atoms with Crippen LogP contribution < -0.4 is 19.5 Å². The van der Waals surface area contributed by atoms with Gasteiger partial charge in [0.15, 0.2) is 11.5 Å². The molecule has 2 aliphatic rings. The number of carbonyl (C=O) groups excluding carboxylic acids is 1. The molecule has 2 heterocycles. The molecule has 0 saturated heterocycles. The van der Waals surface area contributed by atoms with E-state index >= 15 is 0 Å². The summed E-state index contributed by atoms with van der Waals surface area (Å²) in [6, 6.07) is 13.6. The van der Waals surface area contributed by atoms with Crippen LogP contribution in [0, 0.1) is 0 Å². The van der Waals surface area contributed by atoms with Gasteiger partial charge in [0.1, 0.15) is 11.9 Å². The van der Waals surface area contributed by atoms with Crippen molar-refractivity contribution in [2.45, 2.75) is 19.1 Å². The van der Waals surface area contributed by atoms with Crippen molar-refractivity contribution in [1.82, 2.24) is 10.2 Å². The van der Waals surface area contributed by atoms with Crippen LogP contribution >= 0.6 is 0 Å². The van der Waals surface area contributed by atoms with Crippen LogP contribution in [0.2, 0.25) is 0 Å². The Balaban J connectivity index is 1.28. The van der Waals surface area contributed by atoms with Crippen molar-refractivity contribution in [1.29, 1.82) is 0 Å². The molecule has 2 aromatic rings. The Kier molecular flexibility index (Phi) is 4.09. The Morgan fingerprint density at radius 3 is 2.88 bits per heavy atom. The molecule has 0 unspecified atom stereocenters. The smallest absolute Gasteiger partial charge is 0.317 e. The molecule has 130 valence electrons. The second-order valence-electron chi connectivity index (χ2n) is 6.28. The third-order valence-electron chi connectivity index (χ3n) is 4.40. The molecule has 2 aromatic carbocycles. The summed E-state index contributed by atoms with van der Waals surface area (Å²) in [5, 5.41) is 2.94. The predicted molar refractivity (Wildman–Crippen MR) is 92.0 cm³/mol. The van der Waals surface area contributed by atoms with E-state index in [2.05, 4.69) is 11.4 Å². The standard InChI is InChI=1S/C19H20N2O4/c1-21(11-13-6-7-17-18(8-13)24-12-23-17)19(22)20-10-15-9-14-4-2-3-5-16(14)25-15/h2-8,15H,9-12H2,1H3,(H,20,22)/t15-/m1/s1. The number of nitrogens with zero attached hydrogens (tertiary/aromatic N) is 1. The van der Waals surface area contributed by atoms with Crippen molar-refractivity contribution in [2.75, 3.05) is 20.4 Å². The number of hydrogen-bond acceptors (Lipinski definition) is 4. The summed E-state index contributed by atoms with van der Waals surface area (Å²) in [7, 11) is 1.77. The van der Waals surface area contributed by atoms with Crippen molar-refractivity contribution in [3.05, 3.63) is 53.6 Å². The maximum Gasteiger partial charge on any atom is 0.317 e. The highest BCUT2D eigenvalue weighted by Crippen LogP contribution is 2.32. The average Bonchev–Trinajstić information content (AvgIpc) is 3.25. The maximum absolute atomic E-state index is 12.3. The molecule has 0 saturated carbocycles. The zero-order valence-corrected chi connectivity index (χ0v) is 14.0. The van der Waals surface area contributed by atoms with E-state index in [1.165, 1.54) is 5.56 Å². The lowest BCUT2D eigenvalue weighted by atomic mass is 10.1. The summed E-state index contributed by atoms with van der Waals surface area (Å²) in [5.74, 6) is 2.38. The molecule has 1 atom stereocenters. The Hall–Kier alpha value is -2.89.